The summed E-state index contributed by atoms with van der Waals surface area (Å²) in [5.41, 5.74) is 4.50. The third-order valence-corrected chi connectivity index (χ3v) is 5.63. The third-order valence-electron chi connectivity index (χ3n) is 5.63. The van der Waals surface area contributed by atoms with Crippen molar-refractivity contribution in [2.75, 3.05) is 20.1 Å². The number of carbonyl (C=O) groups excluding carboxylic acids is 5. The quantitative estimate of drug-likeness (QED) is 0.331. The Bertz CT molecular complexity index is 696. The van der Waals surface area contributed by atoms with E-state index in [1.165, 1.54) is 31.2 Å². The number of likely N-dealkylation sites (tertiary alicyclic amines) is 1. The van der Waals surface area contributed by atoms with E-state index in [-0.39, 0.29) is 30.6 Å². The number of aldehydes is 1. The van der Waals surface area contributed by atoms with Crippen molar-refractivity contribution in [3.8, 4) is 0 Å². The van der Waals surface area contributed by atoms with E-state index < -0.39 is 23.8 Å². The van der Waals surface area contributed by atoms with Crippen LogP contribution in [0.5, 0.6) is 0 Å². The van der Waals surface area contributed by atoms with Crippen molar-refractivity contribution in [3.63, 3.8) is 0 Å². The van der Waals surface area contributed by atoms with Crippen LogP contribution in [0.4, 0.5) is 0 Å². The maximum atomic E-state index is 12.6. The minimum atomic E-state index is -0.806. The molecule has 4 aliphatic rings. The van der Waals surface area contributed by atoms with E-state index in [1.807, 2.05) is 0 Å². The Morgan fingerprint density at radius 3 is 1.94 bits per heavy atom. The van der Waals surface area contributed by atoms with Gasteiger partial charge in [0.15, 0.2) is 6.29 Å². The van der Waals surface area contributed by atoms with Gasteiger partial charge in [0.2, 0.25) is 23.5 Å². The predicted molar refractivity (Wildman–Crippen MR) is 135 cm³/mol. The maximum absolute atomic E-state index is 12.6. The minimum absolute atomic E-state index is 0.0259. The van der Waals surface area contributed by atoms with Gasteiger partial charge in [-0.1, -0.05) is 52.9 Å². The van der Waals surface area contributed by atoms with Crippen LogP contribution in [0.15, 0.2) is 0 Å². The Balaban J connectivity index is 0.000000583. The maximum Gasteiger partial charge on any atom is 0.243 e. The van der Waals surface area contributed by atoms with Crippen molar-refractivity contribution in [2.24, 2.45) is 23.5 Å². The van der Waals surface area contributed by atoms with Gasteiger partial charge in [-0.15, -0.1) is 0 Å². The summed E-state index contributed by atoms with van der Waals surface area (Å²) in [6.45, 7) is 6.84. The van der Waals surface area contributed by atoms with Crippen molar-refractivity contribution < 1.29 is 24.0 Å². The topological polar surface area (TPSA) is 139 Å². The molecule has 2 atom stereocenters. The lowest BCUT2D eigenvalue weighted by Crippen LogP contribution is -2.52. The molecule has 4 N–H and O–H groups in total. The van der Waals surface area contributed by atoms with Gasteiger partial charge >= 0.3 is 0 Å². The second-order valence-corrected chi connectivity index (χ2v) is 10.3. The first-order valence-electron chi connectivity index (χ1n) is 13.2. The molecule has 2 unspecified atom stereocenters. The molecule has 0 spiro atoms. The van der Waals surface area contributed by atoms with E-state index in [0.717, 1.165) is 31.6 Å². The van der Waals surface area contributed by atoms with Gasteiger partial charge in [0, 0.05) is 12.5 Å². The minimum Gasteiger partial charge on any atom is -0.347 e. The number of carbonyl (C=O) groups is 5. The molecule has 3 saturated carbocycles. The lowest BCUT2D eigenvalue weighted by Gasteiger charge is -2.26. The largest absolute Gasteiger partial charge is 0.347 e. The summed E-state index contributed by atoms with van der Waals surface area (Å²) in [5.74, 6) is -0.194. The van der Waals surface area contributed by atoms with Crippen LogP contribution in [-0.2, 0) is 24.0 Å². The molecule has 0 aromatic carbocycles. The molecule has 9 heteroatoms. The molecule has 0 aromatic heterocycles. The van der Waals surface area contributed by atoms with Gasteiger partial charge in [-0.05, 0) is 51.0 Å². The lowest BCUT2D eigenvalue weighted by atomic mass is 10.1. The molecule has 200 valence electrons. The summed E-state index contributed by atoms with van der Waals surface area (Å²) in [5, 5.41) is 5.28. The van der Waals surface area contributed by atoms with Crippen molar-refractivity contribution in [1.82, 2.24) is 15.5 Å². The zero-order valence-corrected chi connectivity index (χ0v) is 22.0. The first-order valence-corrected chi connectivity index (χ1v) is 13.2. The summed E-state index contributed by atoms with van der Waals surface area (Å²) in [6.07, 6.45) is 10.2. The molecule has 0 radical (unpaired) electrons. The Hall–Kier alpha value is -2.29. The number of nitrogens with zero attached hydrogens (tertiary/aromatic N) is 1. The van der Waals surface area contributed by atoms with Crippen LogP contribution in [0.3, 0.4) is 0 Å². The van der Waals surface area contributed by atoms with E-state index in [9.17, 15) is 24.0 Å². The fourth-order valence-corrected chi connectivity index (χ4v) is 3.38. The number of rotatable bonds is 9. The van der Waals surface area contributed by atoms with Crippen LogP contribution >= 0.6 is 0 Å². The smallest absolute Gasteiger partial charge is 0.243 e. The fraction of sp³-hybridized carbons (Fsp3) is 0.808. The normalized spacial score (nSPS) is 20.5. The SMILES string of the molecule is C1CC1.CC(C)C.CN.O=CC(=O)C(CC1CC1)NC(=O)C1CCCN1C(=O)CNC(=O)C1CC1. The molecule has 1 heterocycles. The van der Waals surface area contributed by atoms with Crippen molar-refractivity contribution in [3.05, 3.63) is 0 Å². The Labute approximate surface area is 210 Å². The fourth-order valence-electron chi connectivity index (χ4n) is 3.38. The number of hydrogen-bond donors (Lipinski definition) is 3. The first-order chi connectivity index (χ1) is 16.7. The van der Waals surface area contributed by atoms with Crippen LogP contribution in [0.1, 0.15) is 85.0 Å². The standard InChI is InChI=1S/C18H25N3O5.C4H10.C3H6.CH5N/c22-10-15(23)13(8-11-3-4-11)20-18(26)14-2-1-7-21(14)16(24)9-19-17(25)12-5-6-12;1-4(2)3;1-2-3-1;1-2/h10-14H,1-9H2,(H,19,25)(H,20,26);4H,1-3H3;1-3H2;2H2,1H3. The third kappa shape index (κ3) is 13.4. The highest BCUT2D eigenvalue weighted by Gasteiger charge is 2.37. The monoisotopic (exact) mass is 494 g/mol. The average molecular weight is 495 g/mol. The molecule has 1 aliphatic heterocycles. The molecule has 0 aromatic rings. The number of Topliss-reactive ketones (excluding diaryl/α,β-unsaturated/α-hetero) is 1. The molecule has 0 bridgehead atoms. The van der Waals surface area contributed by atoms with Gasteiger partial charge in [0.1, 0.15) is 6.04 Å². The molecular weight excluding hydrogens is 448 g/mol. The van der Waals surface area contributed by atoms with Crippen molar-refractivity contribution in [1.29, 1.82) is 0 Å². The molecule has 9 nitrogen and oxygen atoms in total. The molecule has 1 saturated heterocycles. The zero-order valence-electron chi connectivity index (χ0n) is 22.0. The molecule has 4 rings (SSSR count). The van der Waals surface area contributed by atoms with Crippen LogP contribution in [-0.4, -0.2) is 66.9 Å². The van der Waals surface area contributed by atoms with E-state index in [1.54, 1.807) is 0 Å². The van der Waals surface area contributed by atoms with Gasteiger partial charge in [0.25, 0.3) is 0 Å². The number of nitrogens with two attached hydrogens (primary N) is 1. The van der Waals surface area contributed by atoms with E-state index in [0.29, 0.717) is 31.7 Å². The number of amides is 3. The van der Waals surface area contributed by atoms with Gasteiger partial charge < -0.3 is 21.3 Å². The Kier molecular flexibility index (Phi) is 14.4. The van der Waals surface area contributed by atoms with Gasteiger partial charge in [-0.3, -0.25) is 24.0 Å². The number of hydrogen-bond acceptors (Lipinski definition) is 6. The first kappa shape index (κ1) is 30.7. The van der Waals surface area contributed by atoms with Crippen LogP contribution in [0, 0.1) is 17.8 Å². The highest BCUT2D eigenvalue weighted by atomic mass is 16.2. The molecule has 35 heavy (non-hydrogen) atoms. The zero-order chi connectivity index (χ0) is 26.4. The summed E-state index contributed by atoms with van der Waals surface area (Å²) in [4.78, 5) is 60.7. The average Bonchev–Trinajstić information content (AvgIpc) is 3.68. The number of ketones is 1. The van der Waals surface area contributed by atoms with E-state index >= 15 is 0 Å². The van der Waals surface area contributed by atoms with Gasteiger partial charge in [-0.2, -0.15) is 0 Å². The molecule has 4 fully saturated rings. The Morgan fingerprint density at radius 2 is 1.49 bits per heavy atom. The summed E-state index contributed by atoms with van der Waals surface area (Å²) < 4.78 is 0. The van der Waals surface area contributed by atoms with Crippen LogP contribution < -0.4 is 16.4 Å². The van der Waals surface area contributed by atoms with Gasteiger partial charge in [0.05, 0.1) is 12.6 Å². The summed E-state index contributed by atoms with van der Waals surface area (Å²) >= 11 is 0. The van der Waals surface area contributed by atoms with Crippen LogP contribution in [0.2, 0.25) is 0 Å². The van der Waals surface area contributed by atoms with E-state index in [4.69, 9.17) is 0 Å². The second-order valence-electron chi connectivity index (χ2n) is 10.3. The lowest BCUT2D eigenvalue weighted by molar-refractivity contribution is -0.140. The summed E-state index contributed by atoms with van der Waals surface area (Å²) in [6, 6.07) is -1.46. The molecular formula is C26H46N4O5. The number of nitrogens with one attached hydrogen (secondary N) is 2. The second kappa shape index (κ2) is 16.4. The van der Waals surface area contributed by atoms with E-state index in [2.05, 4.69) is 37.1 Å². The van der Waals surface area contributed by atoms with Crippen molar-refractivity contribution in [2.45, 2.75) is 97.1 Å². The Morgan fingerprint density at radius 1 is 0.914 bits per heavy atom. The molecule has 3 aliphatic carbocycles. The molecule has 3 amide bonds. The van der Waals surface area contributed by atoms with Crippen LogP contribution in [0.25, 0.3) is 0 Å². The summed E-state index contributed by atoms with van der Waals surface area (Å²) in [7, 11) is 1.50. The van der Waals surface area contributed by atoms with Crippen molar-refractivity contribution >= 4 is 29.8 Å². The van der Waals surface area contributed by atoms with Gasteiger partial charge in [-0.25, -0.2) is 0 Å². The highest BCUT2D eigenvalue weighted by Crippen LogP contribution is 2.33. The highest BCUT2D eigenvalue weighted by molar-refractivity contribution is 6.28. The predicted octanol–water partition coefficient (Wildman–Crippen LogP) is 1.96.